The number of carbonyl (C=O) groups is 1. The number of amides is 1. The highest BCUT2D eigenvalue weighted by Gasteiger charge is 2.73. The molecule has 3 aliphatic carbocycles. The number of benzene rings is 1. The predicted octanol–water partition coefficient (Wildman–Crippen LogP) is 3.43. The van der Waals surface area contributed by atoms with Crippen molar-refractivity contribution >= 4 is 18.3 Å². The lowest BCUT2D eigenvalue weighted by atomic mass is 9.48. The molecule has 1 saturated heterocycles. The Labute approximate surface area is 217 Å². The van der Waals surface area contributed by atoms with Crippen LogP contribution in [0.3, 0.4) is 0 Å². The molecule has 5 atom stereocenters. The van der Waals surface area contributed by atoms with Gasteiger partial charge in [0.05, 0.1) is 23.3 Å². The number of likely N-dealkylation sites (N-methyl/N-ethyl adjacent to an activating group) is 1. The van der Waals surface area contributed by atoms with Crippen LogP contribution >= 0.6 is 12.4 Å². The van der Waals surface area contributed by atoms with Gasteiger partial charge in [-0.25, -0.2) is 0 Å². The summed E-state index contributed by atoms with van der Waals surface area (Å²) in [4.78, 5) is 17.6. The first-order valence-corrected chi connectivity index (χ1v) is 13.2. The first-order valence-electron chi connectivity index (χ1n) is 13.2. The summed E-state index contributed by atoms with van der Waals surface area (Å²) in [7, 11) is 1.87. The van der Waals surface area contributed by atoms with Gasteiger partial charge in [-0.3, -0.25) is 9.69 Å². The van der Waals surface area contributed by atoms with Gasteiger partial charge >= 0.3 is 0 Å². The van der Waals surface area contributed by atoms with E-state index >= 15 is 0 Å². The molecule has 2 aromatic rings. The summed E-state index contributed by atoms with van der Waals surface area (Å²) in [6.07, 6.45) is 7.66. The Morgan fingerprint density at radius 2 is 2.06 bits per heavy atom. The van der Waals surface area contributed by atoms with Gasteiger partial charge in [-0.15, -0.1) is 12.4 Å². The van der Waals surface area contributed by atoms with Gasteiger partial charge in [0.25, 0.3) is 0 Å². The summed E-state index contributed by atoms with van der Waals surface area (Å²) < 4.78 is 12.0. The number of hydrogen-bond donors (Lipinski definition) is 2. The van der Waals surface area contributed by atoms with E-state index < -0.39 is 11.0 Å². The molecule has 36 heavy (non-hydrogen) atoms. The van der Waals surface area contributed by atoms with E-state index in [4.69, 9.17) is 9.15 Å². The van der Waals surface area contributed by atoms with E-state index in [1.165, 1.54) is 18.4 Å². The Bertz CT molecular complexity index is 1170. The number of phenols is 1. The molecular formula is C28H35ClN2O5. The van der Waals surface area contributed by atoms with Crippen LogP contribution in [0, 0.1) is 5.92 Å². The zero-order chi connectivity index (χ0) is 23.9. The zero-order valence-corrected chi connectivity index (χ0v) is 21.5. The van der Waals surface area contributed by atoms with Gasteiger partial charge in [0, 0.05) is 38.0 Å². The number of rotatable bonds is 6. The molecule has 0 unspecified atom stereocenters. The number of hydrogen-bond acceptors (Lipinski definition) is 6. The molecule has 5 aliphatic rings. The van der Waals surface area contributed by atoms with Gasteiger partial charge in [-0.05, 0) is 74.8 Å². The first-order chi connectivity index (χ1) is 16.9. The zero-order valence-electron chi connectivity index (χ0n) is 20.7. The molecule has 194 valence electrons. The molecule has 2 saturated carbocycles. The second-order valence-corrected chi connectivity index (χ2v) is 11.5. The number of nitrogens with zero attached hydrogens (tertiary/aromatic N) is 2. The van der Waals surface area contributed by atoms with Crippen LogP contribution in [0.5, 0.6) is 11.5 Å². The van der Waals surface area contributed by atoms with E-state index in [2.05, 4.69) is 4.90 Å². The number of ether oxygens (including phenoxy) is 1. The maximum atomic E-state index is 13.3. The van der Waals surface area contributed by atoms with Crippen molar-refractivity contribution in [1.82, 2.24) is 9.80 Å². The number of aliphatic hydroxyl groups is 1. The summed E-state index contributed by atoms with van der Waals surface area (Å²) in [6.45, 7) is 1.98. The molecule has 2 N–H and O–H groups in total. The second-order valence-electron chi connectivity index (χ2n) is 11.5. The predicted molar refractivity (Wildman–Crippen MR) is 136 cm³/mol. The molecule has 0 radical (unpaired) electrons. The van der Waals surface area contributed by atoms with Crippen molar-refractivity contribution in [3.8, 4) is 11.5 Å². The molecule has 7 nitrogen and oxygen atoms in total. The Kier molecular flexibility index (Phi) is 5.63. The molecule has 3 fully saturated rings. The fraction of sp³-hybridized carbons (Fsp3) is 0.607. The average molecular weight is 515 g/mol. The number of furan rings is 1. The fourth-order valence-electron chi connectivity index (χ4n) is 7.90. The summed E-state index contributed by atoms with van der Waals surface area (Å²) >= 11 is 0. The maximum Gasteiger partial charge on any atom is 0.223 e. The number of aryl methyl sites for hydroxylation is 1. The molecule has 2 aliphatic heterocycles. The highest BCUT2D eigenvalue weighted by molar-refractivity contribution is 5.85. The molecule has 3 heterocycles. The second kappa shape index (κ2) is 8.40. The van der Waals surface area contributed by atoms with E-state index in [0.717, 1.165) is 43.2 Å². The molecule has 2 bridgehead atoms. The third-order valence-corrected chi connectivity index (χ3v) is 9.79. The molecular weight excluding hydrogens is 480 g/mol. The van der Waals surface area contributed by atoms with E-state index in [1.807, 2.05) is 30.1 Å². The minimum absolute atomic E-state index is 0. The van der Waals surface area contributed by atoms with Gasteiger partial charge in [0.15, 0.2) is 11.5 Å². The van der Waals surface area contributed by atoms with Crippen LogP contribution in [-0.2, 0) is 23.1 Å². The topological polar surface area (TPSA) is 86.4 Å². The van der Waals surface area contributed by atoms with Gasteiger partial charge in [0.1, 0.15) is 11.9 Å². The highest BCUT2D eigenvalue weighted by atomic mass is 35.5. The van der Waals surface area contributed by atoms with E-state index in [-0.39, 0.29) is 42.3 Å². The van der Waals surface area contributed by atoms with Crippen molar-refractivity contribution in [1.29, 1.82) is 0 Å². The molecule has 1 aromatic heterocycles. The van der Waals surface area contributed by atoms with Crippen molar-refractivity contribution in [2.75, 3.05) is 20.1 Å². The molecule has 1 amide bonds. The summed E-state index contributed by atoms with van der Waals surface area (Å²) in [6, 6.07) is 7.38. The Hall–Kier alpha value is -2.22. The Morgan fingerprint density at radius 3 is 2.81 bits per heavy atom. The molecule has 1 spiro atoms. The quantitative estimate of drug-likeness (QED) is 0.614. The fourth-order valence-corrected chi connectivity index (χ4v) is 7.90. The third-order valence-electron chi connectivity index (χ3n) is 9.79. The number of aromatic hydroxyl groups is 1. The lowest BCUT2D eigenvalue weighted by Crippen LogP contribution is -2.78. The largest absolute Gasteiger partial charge is 0.504 e. The Balaban J connectivity index is 0.00000240. The van der Waals surface area contributed by atoms with E-state index in [1.54, 1.807) is 12.3 Å². The van der Waals surface area contributed by atoms with Gasteiger partial charge in [-0.2, -0.15) is 0 Å². The van der Waals surface area contributed by atoms with Crippen LogP contribution in [0.2, 0.25) is 0 Å². The third kappa shape index (κ3) is 3.21. The van der Waals surface area contributed by atoms with Crippen molar-refractivity contribution in [3.05, 3.63) is 47.4 Å². The van der Waals surface area contributed by atoms with E-state index in [0.29, 0.717) is 31.4 Å². The van der Waals surface area contributed by atoms with Crippen molar-refractivity contribution < 1.29 is 24.2 Å². The van der Waals surface area contributed by atoms with Crippen LogP contribution in [0.4, 0.5) is 0 Å². The number of phenolic OH excluding ortho intramolecular Hbond substituents is 1. The standard InChI is InChI=1S/C28H34N2O5.ClH/c1-29(23(32)9-7-19-3-2-14-34-19)20-10-11-28(33)22-15-18-6-8-21(31)25-24(18)27(28,26(20)35-25)12-13-30(22)16-17-4-5-17;/h2-3,6,8,14,17,20,22,26,31,33H,4-5,7,9-13,15-16H2,1H3;1H/t20-,22-,26+,27+,28-;/m1./s1. The molecule has 7 rings (SSSR count). The maximum absolute atomic E-state index is 13.3. The van der Waals surface area contributed by atoms with Crippen LogP contribution < -0.4 is 4.74 Å². The van der Waals surface area contributed by atoms with Crippen LogP contribution in [0.15, 0.2) is 34.9 Å². The summed E-state index contributed by atoms with van der Waals surface area (Å²) in [5.41, 5.74) is 0.667. The van der Waals surface area contributed by atoms with Crippen molar-refractivity contribution in [2.45, 2.75) is 80.6 Å². The van der Waals surface area contributed by atoms with Crippen molar-refractivity contribution in [3.63, 3.8) is 0 Å². The van der Waals surface area contributed by atoms with Gasteiger partial charge < -0.3 is 24.3 Å². The number of piperidine rings is 1. The lowest BCUT2D eigenvalue weighted by Gasteiger charge is -2.64. The number of likely N-dealkylation sites (tertiary alicyclic amines) is 1. The monoisotopic (exact) mass is 514 g/mol. The minimum Gasteiger partial charge on any atom is -0.504 e. The van der Waals surface area contributed by atoms with Gasteiger partial charge in [-0.1, -0.05) is 6.07 Å². The van der Waals surface area contributed by atoms with E-state index in [9.17, 15) is 15.0 Å². The van der Waals surface area contributed by atoms with Crippen LogP contribution in [0.25, 0.3) is 0 Å². The normalized spacial score (nSPS) is 33.9. The highest BCUT2D eigenvalue weighted by Crippen LogP contribution is 2.66. The SMILES string of the molecule is CN(C(=O)CCc1ccco1)[C@@H]1CC[C@@]2(O)[C@H]3Cc4ccc(O)c5c4[C@@]2(CCN3CC2CC2)[C@H]1O5.Cl. The number of carbonyl (C=O) groups excluding carboxylic acids is 1. The smallest absolute Gasteiger partial charge is 0.223 e. The molecule has 1 aromatic carbocycles. The van der Waals surface area contributed by atoms with Gasteiger partial charge in [0.2, 0.25) is 5.91 Å². The lowest BCUT2D eigenvalue weighted by molar-refractivity contribution is -0.200. The number of halogens is 1. The molecule has 8 heteroatoms. The average Bonchev–Trinajstić information content (AvgIpc) is 3.36. The summed E-state index contributed by atoms with van der Waals surface area (Å²) in [5.74, 6) is 2.29. The van der Waals surface area contributed by atoms with Crippen molar-refractivity contribution in [2.24, 2.45) is 5.92 Å². The minimum atomic E-state index is -0.925. The summed E-state index contributed by atoms with van der Waals surface area (Å²) in [5, 5.41) is 23.3. The Morgan fingerprint density at radius 1 is 1.22 bits per heavy atom. The first kappa shape index (κ1) is 24.1. The van der Waals surface area contributed by atoms with Crippen LogP contribution in [-0.4, -0.2) is 69.8 Å². The van der Waals surface area contributed by atoms with Crippen LogP contribution in [0.1, 0.15) is 55.4 Å².